The summed E-state index contributed by atoms with van der Waals surface area (Å²) in [6.45, 7) is 2.61. The molecule has 2 amide bonds. The fraction of sp³-hybridized carbons (Fsp3) is 0.286. The lowest BCUT2D eigenvalue weighted by Gasteiger charge is -2.31. The molecule has 1 fully saturated rings. The van der Waals surface area contributed by atoms with E-state index in [4.69, 9.17) is 0 Å². The van der Waals surface area contributed by atoms with Gasteiger partial charge in [0.15, 0.2) is 0 Å². The third kappa shape index (κ3) is 4.34. The molecular formula is C21H22N2O4. The largest absolute Gasteiger partial charge is 0.481 e. The van der Waals surface area contributed by atoms with Crippen molar-refractivity contribution in [3.63, 3.8) is 0 Å². The van der Waals surface area contributed by atoms with Gasteiger partial charge in [0.25, 0.3) is 11.8 Å². The number of rotatable bonds is 4. The van der Waals surface area contributed by atoms with Crippen LogP contribution in [0.2, 0.25) is 0 Å². The number of aliphatic carboxylic acids is 1. The lowest BCUT2D eigenvalue weighted by Crippen LogP contribution is -2.42. The number of benzene rings is 2. The molecule has 140 valence electrons. The average molecular weight is 366 g/mol. The third-order valence-electron chi connectivity index (χ3n) is 4.74. The van der Waals surface area contributed by atoms with Crippen molar-refractivity contribution < 1.29 is 19.5 Å². The van der Waals surface area contributed by atoms with E-state index in [-0.39, 0.29) is 18.4 Å². The van der Waals surface area contributed by atoms with Gasteiger partial charge in [-0.3, -0.25) is 14.4 Å². The highest BCUT2D eigenvalue weighted by Crippen LogP contribution is 2.23. The molecule has 2 aromatic carbocycles. The van der Waals surface area contributed by atoms with E-state index in [1.807, 2.05) is 13.0 Å². The summed E-state index contributed by atoms with van der Waals surface area (Å²) >= 11 is 0. The normalized spacial score (nSPS) is 16.6. The second-order valence-electron chi connectivity index (χ2n) is 6.80. The molecule has 1 aliphatic rings. The molecule has 2 N–H and O–H groups in total. The Morgan fingerprint density at radius 3 is 2.63 bits per heavy atom. The predicted molar refractivity (Wildman–Crippen MR) is 102 cm³/mol. The van der Waals surface area contributed by atoms with Gasteiger partial charge in [-0.1, -0.05) is 29.8 Å². The van der Waals surface area contributed by atoms with E-state index in [0.29, 0.717) is 36.2 Å². The minimum atomic E-state index is -0.881. The van der Waals surface area contributed by atoms with Crippen LogP contribution in [0.3, 0.4) is 0 Å². The number of carboxylic acid groups (broad SMARTS) is 1. The van der Waals surface area contributed by atoms with Gasteiger partial charge in [0.2, 0.25) is 0 Å². The number of amides is 2. The molecule has 1 unspecified atom stereocenters. The van der Waals surface area contributed by atoms with Gasteiger partial charge in [-0.15, -0.1) is 0 Å². The van der Waals surface area contributed by atoms with Gasteiger partial charge >= 0.3 is 5.97 Å². The maximum absolute atomic E-state index is 12.9. The lowest BCUT2D eigenvalue weighted by atomic mass is 9.97. The molecule has 1 aliphatic heterocycles. The van der Waals surface area contributed by atoms with Crippen LogP contribution in [0.4, 0.5) is 5.69 Å². The van der Waals surface area contributed by atoms with E-state index in [0.717, 1.165) is 5.56 Å². The van der Waals surface area contributed by atoms with Crippen LogP contribution in [0, 0.1) is 12.8 Å². The van der Waals surface area contributed by atoms with E-state index < -0.39 is 11.9 Å². The van der Waals surface area contributed by atoms with Crippen LogP contribution in [-0.4, -0.2) is 40.9 Å². The molecule has 6 nitrogen and oxygen atoms in total. The second kappa shape index (κ2) is 8.03. The van der Waals surface area contributed by atoms with Crippen molar-refractivity contribution in [1.29, 1.82) is 0 Å². The highest BCUT2D eigenvalue weighted by molar-refractivity contribution is 6.09. The number of nitrogens with one attached hydrogen (secondary N) is 1. The molecule has 1 heterocycles. The molecule has 0 spiro atoms. The zero-order chi connectivity index (χ0) is 19.4. The van der Waals surface area contributed by atoms with Crippen LogP contribution >= 0.6 is 0 Å². The van der Waals surface area contributed by atoms with Crippen LogP contribution < -0.4 is 5.32 Å². The van der Waals surface area contributed by atoms with Crippen LogP contribution in [0.5, 0.6) is 0 Å². The number of hydrogen-bond acceptors (Lipinski definition) is 3. The quantitative estimate of drug-likeness (QED) is 0.870. The van der Waals surface area contributed by atoms with Crippen molar-refractivity contribution in [2.24, 2.45) is 5.92 Å². The summed E-state index contributed by atoms with van der Waals surface area (Å²) in [7, 11) is 0. The lowest BCUT2D eigenvalue weighted by molar-refractivity contribution is -0.143. The fourth-order valence-electron chi connectivity index (χ4n) is 3.29. The average Bonchev–Trinajstić information content (AvgIpc) is 2.68. The number of nitrogens with zero attached hydrogens (tertiary/aromatic N) is 1. The SMILES string of the molecule is Cc1cccc(C(=O)Nc2ccccc2C(=O)N2CCCC(C(=O)O)C2)c1. The first-order valence-corrected chi connectivity index (χ1v) is 8.95. The summed E-state index contributed by atoms with van der Waals surface area (Å²) < 4.78 is 0. The fourth-order valence-corrected chi connectivity index (χ4v) is 3.29. The number of carbonyl (C=O) groups is 3. The zero-order valence-corrected chi connectivity index (χ0v) is 15.1. The molecule has 1 saturated heterocycles. The third-order valence-corrected chi connectivity index (χ3v) is 4.74. The summed E-state index contributed by atoms with van der Waals surface area (Å²) in [6, 6.07) is 14.0. The summed E-state index contributed by atoms with van der Waals surface area (Å²) in [5.41, 5.74) is 2.28. The molecule has 3 rings (SSSR count). The Kier molecular flexibility index (Phi) is 5.54. The highest BCUT2D eigenvalue weighted by atomic mass is 16.4. The van der Waals surface area contributed by atoms with Crippen molar-refractivity contribution in [3.8, 4) is 0 Å². The number of carboxylic acids is 1. The summed E-state index contributed by atoms with van der Waals surface area (Å²) in [5.74, 6) is -1.98. The first-order chi connectivity index (χ1) is 13.0. The van der Waals surface area contributed by atoms with Gasteiger partial charge in [-0.25, -0.2) is 0 Å². The van der Waals surface area contributed by atoms with Crippen molar-refractivity contribution in [1.82, 2.24) is 4.90 Å². The molecule has 0 bridgehead atoms. The Hall–Kier alpha value is -3.15. The van der Waals surface area contributed by atoms with Crippen LogP contribution in [-0.2, 0) is 4.79 Å². The van der Waals surface area contributed by atoms with E-state index in [2.05, 4.69) is 5.32 Å². The van der Waals surface area contributed by atoms with Gasteiger partial charge in [-0.05, 0) is 44.0 Å². The molecule has 0 aliphatic carbocycles. The van der Waals surface area contributed by atoms with Crippen molar-refractivity contribution in [3.05, 3.63) is 65.2 Å². The second-order valence-corrected chi connectivity index (χ2v) is 6.80. The molecule has 2 aromatic rings. The number of likely N-dealkylation sites (tertiary alicyclic amines) is 1. The Morgan fingerprint density at radius 2 is 1.89 bits per heavy atom. The monoisotopic (exact) mass is 366 g/mol. The van der Waals surface area contributed by atoms with Gasteiger partial charge in [0, 0.05) is 18.7 Å². The molecule has 27 heavy (non-hydrogen) atoms. The van der Waals surface area contributed by atoms with E-state index in [9.17, 15) is 19.5 Å². The number of para-hydroxylation sites is 1. The minimum Gasteiger partial charge on any atom is -0.481 e. The maximum Gasteiger partial charge on any atom is 0.308 e. The number of piperidine rings is 1. The van der Waals surface area contributed by atoms with Gasteiger partial charge in [0.05, 0.1) is 17.2 Å². The Balaban J connectivity index is 1.80. The van der Waals surface area contributed by atoms with Gasteiger partial charge < -0.3 is 15.3 Å². The Bertz CT molecular complexity index is 878. The first kappa shape index (κ1) is 18.6. The van der Waals surface area contributed by atoms with E-state index >= 15 is 0 Å². The molecule has 0 aromatic heterocycles. The van der Waals surface area contributed by atoms with Crippen LogP contribution in [0.15, 0.2) is 48.5 Å². The molecule has 1 atom stereocenters. The van der Waals surface area contributed by atoms with E-state index in [1.165, 1.54) is 0 Å². The smallest absolute Gasteiger partial charge is 0.308 e. The van der Waals surface area contributed by atoms with Gasteiger partial charge in [0.1, 0.15) is 0 Å². The zero-order valence-electron chi connectivity index (χ0n) is 15.1. The highest BCUT2D eigenvalue weighted by Gasteiger charge is 2.29. The standard InChI is InChI=1S/C21H22N2O4/c1-14-6-4-7-15(12-14)19(24)22-18-10-3-2-9-17(18)20(25)23-11-5-8-16(13-23)21(26)27/h2-4,6-7,9-10,12,16H,5,8,11,13H2,1H3,(H,22,24)(H,26,27). The first-order valence-electron chi connectivity index (χ1n) is 8.95. The Labute approximate surface area is 157 Å². The predicted octanol–water partition coefficient (Wildman–Crippen LogP) is 3.18. The van der Waals surface area contributed by atoms with Crippen molar-refractivity contribution >= 4 is 23.5 Å². The summed E-state index contributed by atoms with van der Waals surface area (Å²) in [5, 5.41) is 12.0. The number of aryl methyl sites for hydroxylation is 1. The number of hydrogen-bond donors (Lipinski definition) is 2. The topological polar surface area (TPSA) is 86.7 Å². The summed E-state index contributed by atoms with van der Waals surface area (Å²) in [4.78, 5) is 38.3. The molecule has 0 radical (unpaired) electrons. The maximum atomic E-state index is 12.9. The molecule has 6 heteroatoms. The number of carbonyl (C=O) groups excluding carboxylic acids is 2. The van der Waals surface area contributed by atoms with Gasteiger partial charge in [-0.2, -0.15) is 0 Å². The molecular weight excluding hydrogens is 344 g/mol. The van der Waals surface area contributed by atoms with Crippen LogP contribution in [0.1, 0.15) is 39.1 Å². The van der Waals surface area contributed by atoms with Crippen molar-refractivity contribution in [2.45, 2.75) is 19.8 Å². The minimum absolute atomic E-state index is 0.189. The van der Waals surface area contributed by atoms with E-state index in [1.54, 1.807) is 47.4 Å². The molecule has 0 saturated carbocycles. The van der Waals surface area contributed by atoms with Crippen LogP contribution in [0.25, 0.3) is 0 Å². The number of anilines is 1. The Morgan fingerprint density at radius 1 is 1.11 bits per heavy atom. The van der Waals surface area contributed by atoms with Crippen molar-refractivity contribution in [2.75, 3.05) is 18.4 Å². The summed E-state index contributed by atoms with van der Waals surface area (Å²) in [6.07, 6.45) is 1.23.